The summed E-state index contributed by atoms with van der Waals surface area (Å²) in [4.78, 5) is 11.3. The van der Waals surface area contributed by atoms with E-state index >= 15 is 0 Å². The van der Waals surface area contributed by atoms with Crippen LogP contribution in [0.4, 0.5) is 0 Å². The first-order valence-corrected chi connectivity index (χ1v) is 4.92. The Kier molecular flexibility index (Phi) is 4.11. The first kappa shape index (κ1) is 10.7. The van der Waals surface area contributed by atoms with Gasteiger partial charge in [0.1, 0.15) is 0 Å². The Balaban J connectivity index is 2.31. The molecule has 1 heterocycles. The Hall–Kier alpha value is -1.38. The molecule has 1 rings (SSSR count). The lowest BCUT2D eigenvalue weighted by Gasteiger charge is -2.06. The third kappa shape index (κ3) is 4.03. The van der Waals surface area contributed by atoms with Crippen LogP contribution in [0, 0.1) is 0 Å². The summed E-state index contributed by atoms with van der Waals surface area (Å²) >= 11 is 0. The average molecular weight is 193 g/mol. The van der Waals surface area contributed by atoms with E-state index in [9.17, 15) is 4.79 Å². The summed E-state index contributed by atoms with van der Waals surface area (Å²) in [5, 5.41) is 2.86. The van der Waals surface area contributed by atoms with Crippen LogP contribution >= 0.6 is 0 Å². The average Bonchev–Trinajstić information content (AvgIpc) is 2.15. The minimum atomic E-state index is 0.108. The quantitative estimate of drug-likeness (QED) is 0.708. The Morgan fingerprint density at radius 1 is 1.29 bits per heavy atom. The molecule has 1 N–H and O–H groups in total. The molecule has 76 valence electrons. The highest BCUT2D eigenvalue weighted by molar-refractivity contribution is 5.75. The highest BCUT2D eigenvalue weighted by Gasteiger charge is 2.06. The largest absolute Gasteiger partial charge is 0.354 e. The molecule has 0 aliphatic heterocycles. The third-order valence-electron chi connectivity index (χ3n) is 1.82. The zero-order chi connectivity index (χ0) is 10.4. The number of pyridine rings is 1. The van der Waals surface area contributed by atoms with Crippen LogP contribution in [0.1, 0.15) is 20.3 Å². The van der Waals surface area contributed by atoms with Crippen molar-refractivity contribution in [1.29, 1.82) is 0 Å². The number of nitrogens with zero attached hydrogens (tertiary/aromatic N) is 1. The van der Waals surface area contributed by atoms with Crippen molar-refractivity contribution < 1.29 is 9.36 Å². The van der Waals surface area contributed by atoms with Gasteiger partial charge in [-0.25, -0.2) is 4.57 Å². The summed E-state index contributed by atoms with van der Waals surface area (Å²) in [6, 6.07) is 6.11. The SMILES string of the molecule is CC(C)NC(=O)CC[n+]1ccccc1. The molecule has 0 atom stereocenters. The molecule has 14 heavy (non-hydrogen) atoms. The molecular formula is C11H17N2O+. The fourth-order valence-corrected chi connectivity index (χ4v) is 1.21. The van der Waals surface area contributed by atoms with Gasteiger partial charge in [-0.3, -0.25) is 4.79 Å². The molecule has 0 spiro atoms. The van der Waals surface area contributed by atoms with Gasteiger partial charge in [0, 0.05) is 18.2 Å². The van der Waals surface area contributed by atoms with Crippen LogP contribution in [0.3, 0.4) is 0 Å². The van der Waals surface area contributed by atoms with Crippen LogP contribution in [0.25, 0.3) is 0 Å². The molecule has 3 heteroatoms. The van der Waals surface area contributed by atoms with E-state index in [0.717, 1.165) is 6.54 Å². The Labute approximate surface area is 84.8 Å². The predicted molar refractivity (Wildman–Crippen MR) is 54.5 cm³/mol. The number of carbonyl (C=O) groups excluding carboxylic acids is 1. The summed E-state index contributed by atoms with van der Waals surface area (Å²) in [6.07, 6.45) is 4.46. The second kappa shape index (κ2) is 5.37. The molecule has 0 fully saturated rings. The Morgan fingerprint density at radius 2 is 1.93 bits per heavy atom. The maximum absolute atomic E-state index is 11.3. The van der Waals surface area contributed by atoms with Gasteiger partial charge in [0.15, 0.2) is 18.9 Å². The maximum atomic E-state index is 11.3. The molecule has 0 bridgehead atoms. The number of rotatable bonds is 4. The van der Waals surface area contributed by atoms with Crippen molar-refractivity contribution in [3.05, 3.63) is 30.6 Å². The van der Waals surface area contributed by atoms with Crippen LogP contribution in [-0.4, -0.2) is 11.9 Å². The summed E-state index contributed by atoms with van der Waals surface area (Å²) < 4.78 is 2.00. The van der Waals surface area contributed by atoms with Crippen LogP contribution in [0.15, 0.2) is 30.6 Å². The minimum Gasteiger partial charge on any atom is -0.354 e. The highest BCUT2D eigenvalue weighted by Crippen LogP contribution is 1.85. The standard InChI is InChI=1S/C11H16N2O/c1-10(2)12-11(14)6-9-13-7-4-3-5-8-13/h3-5,7-8,10H,6,9H2,1-2H3/p+1. The number of nitrogens with one attached hydrogen (secondary N) is 1. The Morgan fingerprint density at radius 3 is 2.50 bits per heavy atom. The molecule has 0 saturated carbocycles. The van der Waals surface area contributed by atoms with Crippen molar-refractivity contribution in [3.63, 3.8) is 0 Å². The first-order chi connectivity index (χ1) is 6.68. The molecule has 1 aromatic heterocycles. The summed E-state index contributed by atoms with van der Waals surface area (Å²) in [6.45, 7) is 4.67. The van der Waals surface area contributed by atoms with Crippen molar-refractivity contribution in [3.8, 4) is 0 Å². The van der Waals surface area contributed by atoms with Crippen LogP contribution in [0.2, 0.25) is 0 Å². The normalized spacial score (nSPS) is 10.2. The summed E-state index contributed by atoms with van der Waals surface area (Å²) in [7, 11) is 0. The number of hydrogen-bond donors (Lipinski definition) is 1. The maximum Gasteiger partial charge on any atom is 0.226 e. The van der Waals surface area contributed by atoms with E-state index in [4.69, 9.17) is 0 Å². The number of hydrogen-bond acceptors (Lipinski definition) is 1. The van der Waals surface area contributed by atoms with Gasteiger partial charge in [0.05, 0.1) is 6.42 Å². The van der Waals surface area contributed by atoms with Crippen molar-refractivity contribution in [2.24, 2.45) is 0 Å². The molecule has 1 aromatic rings. The van der Waals surface area contributed by atoms with E-state index in [1.165, 1.54) is 0 Å². The lowest BCUT2D eigenvalue weighted by Crippen LogP contribution is -2.37. The van der Waals surface area contributed by atoms with E-state index in [1.807, 2.05) is 49.0 Å². The number of carbonyl (C=O) groups is 1. The van der Waals surface area contributed by atoms with Crippen molar-refractivity contribution >= 4 is 5.91 Å². The van der Waals surface area contributed by atoms with Gasteiger partial charge in [-0.1, -0.05) is 6.07 Å². The molecule has 3 nitrogen and oxygen atoms in total. The Bertz CT molecular complexity index is 283. The van der Waals surface area contributed by atoms with Gasteiger partial charge in [-0.05, 0) is 13.8 Å². The fraction of sp³-hybridized carbons (Fsp3) is 0.455. The summed E-state index contributed by atoms with van der Waals surface area (Å²) in [5.74, 6) is 0.108. The first-order valence-electron chi connectivity index (χ1n) is 4.92. The lowest BCUT2D eigenvalue weighted by molar-refractivity contribution is -0.695. The molecule has 0 aliphatic carbocycles. The molecule has 0 unspecified atom stereocenters. The van der Waals surface area contributed by atoms with Crippen molar-refractivity contribution in [1.82, 2.24) is 5.32 Å². The lowest BCUT2D eigenvalue weighted by atomic mass is 10.3. The minimum absolute atomic E-state index is 0.108. The molecule has 0 aliphatic rings. The highest BCUT2D eigenvalue weighted by atomic mass is 16.1. The predicted octanol–water partition coefficient (Wildman–Crippen LogP) is 0.889. The van der Waals surface area contributed by atoms with E-state index in [0.29, 0.717) is 6.42 Å². The number of aromatic nitrogens is 1. The zero-order valence-electron chi connectivity index (χ0n) is 8.73. The molecule has 1 amide bonds. The van der Waals surface area contributed by atoms with Crippen molar-refractivity contribution in [2.45, 2.75) is 32.9 Å². The molecule has 0 radical (unpaired) electrons. The van der Waals surface area contributed by atoms with E-state index in [2.05, 4.69) is 5.32 Å². The molecule has 0 aromatic carbocycles. The van der Waals surface area contributed by atoms with E-state index < -0.39 is 0 Å². The van der Waals surface area contributed by atoms with Gasteiger partial charge in [-0.15, -0.1) is 0 Å². The van der Waals surface area contributed by atoms with E-state index in [-0.39, 0.29) is 11.9 Å². The zero-order valence-corrected chi connectivity index (χ0v) is 8.73. The fourth-order valence-electron chi connectivity index (χ4n) is 1.21. The van der Waals surface area contributed by atoms with Gasteiger partial charge in [0.2, 0.25) is 5.91 Å². The van der Waals surface area contributed by atoms with E-state index in [1.54, 1.807) is 0 Å². The number of aryl methyl sites for hydroxylation is 1. The summed E-state index contributed by atoms with van der Waals surface area (Å²) in [5.41, 5.74) is 0. The second-order valence-electron chi connectivity index (χ2n) is 3.59. The number of amides is 1. The van der Waals surface area contributed by atoms with Gasteiger partial charge < -0.3 is 5.32 Å². The topological polar surface area (TPSA) is 33.0 Å². The molecular weight excluding hydrogens is 176 g/mol. The third-order valence-corrected chi connectivity index (χ3v) is 1.82. The second-order valence-corrected chi connectivity index (χ2v) is 3.59. The van der Waals surface area contributed by atoms with Gasteiger partial charge >= 0.3 is 0 Å². The van der Waals surface area contributed by atoms with Crippen LogP contribution in [-0.2, 0) is 11.3 Å². The molecule has 0 saturated heterocycles. The van der Waals surface area contributed by atoms with Gasteiger partial charge in [0.25, 0.3) is 0 Å². The monoisotopic (exact) mass is 193 g/mol. The van der Waals surface area contributed by atoms with Crippen LogP contribution in [0.5, 0.6) is 0 Å². The van der Waals surface area contributed by atoms with Gasteiger partial charge in [-0.2, -0.15) is 0 Å². The smallest absolute Gasteiger partial charge is 0.226 e. The van der Waals surface area contributed by atoms with Crippen molar-refractivity contribution in [2.75, 3.05) is 0 Å². The van der Waals surface area contributed by atoms with Crippen LogP contribution < -0.4 is 9.88 Å².